The Morgan fingerprint density at radius 2 is 1.93 bits per heavy atom. The zero-order valence-electron chi connectivity index (χ0n) is 9.34. The second-order valence-corrected chi connectivity index (χ2v) is 4.01. The first kappa shape index (κ1) is 12.5. The number of hydrogen-bond acceptors (Lipinski definition) is 1. The highest BCUT2D eigenvalue weighted by Gasteiger charge is 1.98. The van der Waals surface area contributed by atoms with Crippen LogP contribution in [0.5, 0.6) is 0 Å². The summed E-state index contributed by atoms with van der Waals surface area (Å²) in [6, 6.07) is 8.07. The molecule has 0 spiro atoms. The van der Waals surface area contributed by atoms with Crippen molar-refractivity contribution in [2.24, 2.45) is 0 Å². The molecular weight excluding hydrogens is 208 g/mol. The number of rotatable bonds is 7. The lowest BCUT2D eigenvalue weighted by molar-refractivity contribution is 0.143. The van der Waals surface area contributed by atoms with Crippen molar-refractivity contribution in [2.45, 2.75) is 32.6 Å². The van der Waals surface area contributed by atoms with Crippen LogP contribution < -0.4 is 0 Å². The fraction of sp³-hybridized carbons (Fsp3) is 0.538. The summed E-state index contributed by atoms with van der Waals surface area (Å²) in [5.41, 5.74) is 1.26. The number of aryl methyl sites for hydroxylation is 1. The maximum absolute atomic E-state index is 6.06. The third-order valence-corrected chi connectivity index (χ3v) is 2.77. The van der Waals surface area contributed by atoms with Crippen LogP contribution in [-0.4, -0.2) is 13.2 Å². The molecule has 0 aliphatic rings. The van der Waals surface area contributed by atoms with Crippen LogP contribution in [-0.2, 0) is 11.2 Å². The molecule has 0 saturated carbocycles. The summed E-state index contributed by atoms with van der Waals surface area (Å²) in [5, 5.41) is 0.891. The molecule has 0 aliphatic heterocycles. The minimum Gasteiger partial charge on any atom is -0.382 e. The normalized spacial score (nSPS) is 10.5. The van der Waals surface area contributed by atoms with Crippen molar-refractivity contribution in [1.29, 1.82) is 0 Å². The van der Waals surface area contributed by atoms with Gasteiger partial charge in [-0.15, -0.1) is 0 Å². The quantitative estimate of drug-likeness (QED) is 0.637. The average molecular weight is 227 g/mol. The van der Waals surface area contributed by atoms with Gasteiger partial charge in [-0.05, 0) is 37.8 Å². The Balaban J connectivity index is 2.12. The van der Waals surface area contributed by atoms with Gasteiger partial charge in [0, 0.05) is 18.2 Å². The van der Waals surface area contributed by atoms with Crippen molar-refractivity contribution < 1.29 is 4.74 Å². The Morgan fingerprint density at radius 1 is 1.13 bits per heavy atom. The SMILES string of the molecule is CCOCCCCCc1ccccc1Cl. The number of hydrogen-bond donors (Lipinski definition) is 0. The van der Waals surface area contributed by atoms with Gasteiger partial charge in [-0.1, -0.05) is 36.2 Å². The van der Waals surface area contributed by atoms with E-state index >= 15 is 0 Å². The molecule has 0 amide bonds. The van der Waals surface area contributed by atoms with Crippen LogP contribution in [0.1, 0.15) is 31.7 Å². The van der Waals surface area contributed by atoms with Crippen molar-refractivity contribution in [3.05, 3.63) is 34.9 Å². The average Bonchev–Trinajstić information content (AvgIpc) is 2.25. The van der Waals surface area contributed by atoms with Crippen molar-refractivity contribution in [1.82, 2.24) is 0 Å². The molecule has 0 N–H and O–H groups in total. The zero-order valence-corrected chi connectivity index (χ0v) is 10.1. The molecule has 0 aliphatic carbocycles. The molecule has 1 nitrogen and oxygen atoms in total. The maximum atomic E-state index is 6.06. The molecule has 0 atom stereocenters. The van der Waals surface area contributed by atoms with E-state index in [2.05, 4.69) is 6.07 Å². The van der Waals surface area contributed by atoms with E-state index in [0.29, 0.717) is 0 Å². The van der Waals surface area contributed by atoms with E-state index in [1.165, 1.54) is 18.4 Å². The van der Waals surface area contributed by atoms with Gasteiger partial charge in [0.1, 0.15) is 0 Å². The van der Waals surface area contributed by atoms with Crippen molar-refractivity contribution in [3.63, 3.8) is 0 Å². The van der Waals surface area contributed by atoms with Gasteiger partial charge in [0.25, 0.3) is 0 Å². The number of ether oxygens (including phenoxy) is 1. The van der Waals surface area contributed by atoms with Crippen LogP contribution in [0.15, 0.2) is 24.3 Å². The minimum absolute atomic E-state index is 0.824. The molecule has 0 aromatic heterocycles. The fourth-order valence-electron chi connectivity index (χ4n) is 1.54. The van der Waals surface area contributed by atoms with E-state index in [1.54, 1.807) is 0 Å². The van der Waals surface area contributed by atoms with Crippen LogP contribution in [0.4, 0.5) is 0 Å². The molecule has 0 fully saturated rings. The lowest BCUT2D eigenvalue weighted by Crippen LogP contribution is -1.94. The molecule has 1 aromatic rings. The molecule has 1 aromatic carbocycles. The van der Waals surface area contributed by atoms with E-state index in [0.717, 1.165) is 31.1 Å². The zero-order chi connectivity index (χ0) is 10.9. The molecule has 0 unspecified atom stereocenters. The Morgan fingerprint density at radius 3 is 2.67 bits per heavy atom. The van der Waals surface area contributed by atoms with Crippen molar-refractivity contribution in [2.75, 3.05) is 13.2 Å². The Bertz CT molecular complexity index is 273. The molecule has 0 heterocycles. The summed E-state index contributed by atoms with van der Waals surface area (Å²) in [6.45, 7) is 3.74. The molecule has 2 heteroatoms. The first-order valence-corrected chi connectivity index (χ1v) is 6.03. The van der Waals surface area contributed by atoms with Gasteiger partial charge in [0.15, 0.2) is 0 Å². The molecule has 15 heavy (non-hydrogen) atoms. The summed E-state index contributed by atoms with van der Waals surface area (Å²) in [5.74, 6) is 0. The first-order chi connectivity index (χ1) is 7.34. The summed E-state index contributed by atoms with van der Waals surface area (Å²) in [7, 11) is 0. The van der Waals surface area contributed by atoms with Crippen LogP contribution in [0.25, 0.3) is 0 Å². The van der Waals surface area contributed by atoms with E-state index in [4.69, 9.17) is 16.3 Å². The van der Waals surface area contributed by atoms with E-state index in [9.17, 15) is 0 Å². The van der Waals surface area contributed by atoms with Gasteiger partial charge in [-0.25, -0.2) is 0 Å². The van der Waals surface area contributed by atoms with Gasteiger partial charge >= 0.3 is 0 Å². The second kappa shape index (κ2) is 7.72. The first-order valence-electron chi connectivity index (χ1n) is 5.65. The minimum atomic E-state index is 0.824. The molecule has 1 rings (SSSR count). The fourth-order valence-corrected chi connectivity index (χ4v) is 1.77. The summed E-state index contributed by atoms with van der Waals surface area (Å²) >= 11 is 6.06. The summed E-state index contributed by atoms with van der Waals surface area (Å²) < 4.78 is 5.28. The molecule has 0 radical (unpaired) electrons. The van der Waals surface area contributed by atoms with Crippen LogP contribution in [0, 0.1) is 0 Å². The summed E-state index contributed by atoms with van der Waals surface area (Å²) in [4.78, 5) is 0. The van der Waals surface area contributed by atoms with Gasteiger partial charge in [-0.2, -0.15) is 0 Å². The smallest absolute Gasteiger partial charge is 0.0465 e. The molecule has 84 valence electrons. The standard InChI is InChI=1S/C13H19ClO/c1-2-15-11-7-3-4-8-12-9-5-6-10-13(12)14/h5-6,9-10H,2-4,7-8,11H2,1H3. The lowest BCUT2D eigenvalue weighted by atomic mass is 10.1. The van der Waals surface area contributed by atoms with Crippen LogP contribution >= 0.6 is 11.6 Å². The highest BCUT2D eigenvalue weighted by Crippen LogP contribution is 2.17. The predicted octanol–water partition coefficient (Wildman–Crippen LogP) is 4.09. The van der Waals surface area contributed by atoms with Crippen molar-refractivity contribution in [3.8, 4) is 0 Å². The monoisotopic (exact) mass is 226 g/mol. The Hall–Kier alpha value is -0.530. The molecule has 0 bridgehead atoms. The highest BCUT2D eigenvalue weighted by molar-refractivity contribution is 6.31. The predicted molar refractivity (Wildman–Crippen MR) is 65.5 cm³/mol. The van der Waals surface area contributed by atoms with Crippen LogP contribution in [0.3, 0.4) is 0 Å². The molecular formula is C13H19ClO. The van der Waals surface area contributed by atoms with E-state index in [-0.39, 0.29) is 0 Å². The van der Waals surface area contributed by atoms with E-state index < -0.39 is 0 Å². The lowest BCUT2D eigenvalue weighted by Gasteiger charge is -2.04. The van der Waals surface area contributed by atoms with Gasteiger partial charge < -0.3 is 4.74 Å². The number of benzene rings is 1. The Kier molecular flexibility index (Phi) is 6.45. The maximum Gasteiger partial charge on any atom is 0.0465 e. The van der Waals surface area contributed by atoms with Gasteiger partial charge in [0.2, 0.25) is 0 Å². The largest absolute Gasteiger partial charge is 0.382 e. The highest BCUT2D eigenvalue weighted by atomic mass is 35.5. The van der Waals surface area contributed by atoms with Crippen molar-refractivity contribution >= 4 is 11.6 Å². The van der Waals surface area contributed by atoms with E-state index in [1.807, 2.05) is 25.1 Å². The third kappa shape index (κ3) is 5.19. The topological polar surface area (TPSA) is 9.23 Å². The van der Waals surface area contributed by atoms with Gasteiger partial charge in [-0.3, -0.25) is 0 Å². The molecule has 0 saturated heterocycles. The Labute approximate surface area is 97.4 Å². The third-order valence-electron chi connectivity index (χ3n) is 2.40. The van der Waals surface area contributed by atoms with Gasteiger partial charge in [0.05, 0.1) is 0 Å². The number of halogens is 1. The number of unbranched alkanes of at least 4 members (excludes halogenated alkanes) is 2. The second-order valence-electron chi connectivity index (χ2n) is 3.60. The van der Waals surface area contributed by atoms with Crippen LogP contribution in [0.2, 0.25) is 5.02 Å². The summed E-state index contributed by atoms with van der Waals surface area (Å²) in [6.07, 6.45) is 4.63.